The highest BCUT2D eigenvalue weighted by molar-refractivity contribution is 7.91. The molecule has 0 aliphatic rings. The van der Waals surface area contributed by atoms with Crippen molar-refractivity contribution in [3.05, 3.63) is 69.6 Å². The molecule has 0 saturated carbocycles. The number of aryl methyl sites for hydroxylation is 2. The molecule has 3 aromatic heterocycles. The number of nitrogens with two attached hydrogens (primary N) is 1. The quantitative estimate of drug-likeness (QED) is 0.262. The molecule has 0 spiro atoms. The third kappa shape index (κ3) is 3.72. The number of rotatable bonds is 6. The van der Waals surface area contributed by atoms with Gasteiger partial charge in [0, 0.05) is 36.9 Å². The van der Waals surface area contributed by atoms with E-state index in [1.807, 2.05) is 13.0 Å². The summed E-state index contributed by atoms with van der Waals surface area (Å²) in [6.45, 7) is 2.62. The number of nitrogen functional groups attached to an aromatic ring is 1. The van der Waals surface area contributed by atoms with Gasteiger partial charge in [-0.1, -0.05) is 22.7 Å². The Morgan fingerprint density at radius 3 is 2.62 bits per heavy atom. The van der Waals surface area contributed by atoms with Crippen LogP contribution in [0.4, 0.5) is 5.82 Å². The van der Waals surface area contributed by atoms with Crippen molar-refractivity contribution in [3.8, 4) is 0 Å². The summed E-state index contributed by atoms with van der Waals surface area (Å²) in [5, 5.41) is 0.571. The first-order chi connectivity index (χ1) is 15.3. The van der Waals surface area contributed by atoms with Crippen LogP contribution >= 0.6 is 11.6 Å². The Morgan fingerprint density at radius 2 is 1.94 bits per heavy atom. The third-order valence-corrected chi connectivity index (χ3v) is 7.33. The molecular formula is C22H22ClN4O4S+. The average molecular weight is 474 g/mol. The van der Waals surface area contributed by atoms with E-state index in [0.29, 0.717) is 35.9 Å². The first kappa shape index (κ1) is 22.2. The number of fused-ring (bicyclic) bond motifs is 2. The van der Waals surface area contributed by atoms with Gasteiger partial charge >= 0.3 is 0 Å². The molecule has 3 heterocycles. The number of aromatic nitrogens is 3. The zero-order valence-corrected chi connectivity index (χ0v) is 19.2. The molecule has 0 fully saturated rings. The second-order valence-corrected chi connectivity index (χ2v) is 9.74. The van der Waals surface area contributed by atoms with Crippen LogP contribution in [-0.4, -0.2) is 31.5 Å². The second kappa shape index (κ2) is 8.50. The van der Waals surface area contributed by atoms with E-state index in [-0.39, 0.29) is 26.6 Å². The number of nitrogens with zero attached hydrogens (tertiary/aromatic N) is 3. The van der Waals surface area contributed by atoms with Crippen molar-refractivity contribution in [2.24, 2.45) is 0 Å². The van der Waals surface area contributed by atoms with Gasteiger partial charge in [0.2, 0.25) is 21.3 Å². The lowest BCUT2D eigenvalue weighted by Gasteiger charge is -2.13. The van der Waals surface area contributed by atoms with Gasteiger partial charge in [-0.05, 0) is 43.3 Å². The molecule has 0 saturated heterocycles. The summed E-state index contributed by atoms with van der Waals surface area (Å²) in [5.41, 5.74) is 7.63. The first-order valence-electron chi connectivity index (χ1n) is 9.89. The van der Waals surface area contributed by atoms with Crippen LogP contribution in [0.5, 0.6) is 0 Å². The molecule has 8 nitrogen and oxygen atoms in total. The van der Waals surface area contributed by atoms with Gasteiger partial charge in [-0.2, -0.15) is 0 Å². The number of benzene rings is 1. The Balaban J connectivity index is 2.07. The Bertz CT molecular complexity index is 1500. The van der Waals surface area contributed by atoms with E-state index in [2.05, 4.69) is 4.98 Å². The van der Waals surface area contributed by atoms with Crippen molar-refractivity contribution in [1.29, 1.82) is 0 Å². The van der Waals surface area contributed by atoms with Crippen LogP contribution in [0.3, 0.4) is 0 Å². The average Bonchev–Trinajstić information content (AvgIpc) is 2.76. The highest BCUT2D eigenvalue weighted by Crippen LogP contribution is 2.27. The molecule has 4 rings (SSSR count). The van der Waals surface area contributed by atoms with Crippen molar-refractivity contribution >= 4 is 43.9 Å². The van der Waals surface area contributed by atoms with Crippen LogP contribution in [0.25, 0.3) is 16.7 Å². The van der Waals surface area contributed by atoms with Crippen LogP contribution in [0.2, 0.25) is 5.02 Å². The van der Waals surface area contributed by atoms with Gasteiger partial charge in [0.05, 0.1) is 11.4 Å². The van der Waals surface area contributed by atoms with Gasteiger partial charge in [-0.3, -0.25) is 9.20 Å². The summed E-state index contributed by atoms with van der Waals surface area (Å²) in [6, 6.07) is 10.7. The molecule has 0 aliphatic heterocycles. The Labute approximate surface area is 189 Å². The molecule has 2 N–H and O–H groups in total. The van der Waals surface area contributed by atoms with Gasteiger partial charge in [-0.15, -0.1) is 0 Å². The summed E-state index contributed by atoms with van der Waals surface area (Å²) < 4.78 is 35.0. The van der Waals surface area contributed by atoms with E-state index < -0.39 is 9.84 Å². The van der Waals surface area contributed by atoms with Gasteiger partial charge in [-0.25, -0.2) is 13.0 Å². The SMILES string of the molecule is COCCC[n+]1c(N)c(S(=O)(=O)c2ccc(Cl)cc2)cc2c(=O)n3cccc(C)c3nc21. The Morgan fingerprint density at radius 1 is 1.22 bits per heavy atom. The molecular weight excluding hydrogens is 452 g/mol. The van der Waals surface area contributed by atoms with Crippen molar-refractivity contribution in [1.82, 2.24) is 9.38 Å². The van der Waals surface area contributed by atoms with E-state index in [9.17, 15) is 13.2 Å². The molecule has 4 aromatic rings. The molecule has 10 heteroatoms. The van der Waals surface area contributed by atoms with Crippen molar-refractivity contribution in [2.75, 3.05) is 19.5 Å². The zero-order chi connectivity index (χ0) is 23.0. The van der Waals surface area contributed by atoms with E-state index >= 15 is 0 Å². The highest BCUT2D eigenvalue weighted by Gasteiger charge is 2.29. The molecule has 0 atom stereocenters. The largest absolute Gasteiger partial charge is 0.385 e. The molecule has 0 unspecified atom stereocenters. The number of halogens is 1. The molecule has 32 heavy (non-hydrogen) atoms. The summed E-state index contributed by atoms with van der Waals surface area (Å²) in [5.74, 6) is 0.00777. The van der Waals surface area contributed by atoms with Crippen LogP contribution in [-0.2, 0) is 21.1 Å². The molecule has 0 amide bonds. The topological polar surface area (TPSA) is 108 Å². The van der Waals surface area contributed by atoms with Gasteiger partial charge < -0.3 is 10.5 Å². The molecule has 0 radical (unpaired) electrons. The number of hydrogen-bond acceptors (Lipinski definition) is 6. The van der Waals surface area contributed by atoms with Crippen LogP contribution < -0.4 is 15.9 Å². The lowest BCUT2D eigenvalue weighted by atomic mass is 10.2. The van der Waals surface area contributed by atoms with Crippen LogP contribution in [0.1, 0.15) is 12.0 Å². The fourth-order valence-electron chi connectivity index (χ4n) is 3.63. The van der Waals surface area contributed by atoms with Gasteiger partial charge in [0.25, 0.3) is 11.2 Å². The first-order valence-corrected chi connectivity index (χ1v) is 11.8. The van der Waals surface area contributed by atoms with E-state index in [4.69, 9.17) is 22.1 Å². The maximum Gasteiger partial charge on any atom is 0.278 e. The minimum absolute atomic E-state index is 0.00777. The molecule has 1 aromatic carbocycles. The number of anilines is 1. The van der Waals surface area contributed by atoms with Crippen molar-refractivity contribution in [3.63, 3.8) is 0 Å². The lowest BCUT2D eigenvalue weighted by molar-refractivity contribution is -0.661. The molecule has 166 valence electrons. The predicted molar refractivity (Wildman–Crippen MR) is 122 cm³/mol. The minimum atomic E-state index is -4.02. The number of sulfone groups is 1. The maximum absolute atomic E-state index is 13.4. The van der Waals surface area contributed by atoms with Crippen LogP contribution in [0.15, 0.2) is 63.2 Å². The zero-order valence-electron chi connectivity index (χ0n) is 17.6. The Kier molecular flexibility index (Phi) is 5.89. The van der Waals surface area contributed by atoms with E-state index in [1.165, 1.54) is 34.7 Å². The standard InChI is InChI=1S/C22H21ClN4O4S/c1-14-5-3-10-27-20(14)25-21-17(22(27)28)13-18(19(24)26(21)11-4-12-31-2)32(29,30)16-8-6-15(23)7-9-16/h3,5-10,13,24H,4,11-12H2,1-2H3/p+1. The van der Waals surface area contributed by atoms with Gasteiger partial charge in [0.15, 0.2) is 0 Å². The smallest absolute Gasteiger partial charge is 0.278 e. The Hall–Kier alpha value is -3.01. The monoisotopic (exact) mass is 473 g/mol. The van der Waals surface area contributed by atoms with Crippen LogP contribution in [0, 0.1) is 6.92 Å². The van der Waals surface area contributed by atoms with E-state index in [0.717, 1.165) is 5.56 Å². The number of methoxy groups -OCH3 is 1. The summed E-state index contributed by atoms with van der Waals surface area (Å²) in [6.07, 6.45) is 2.16. The predicted octanol–water partition coefficient (Wildman–Crippen LogP) is 2.55. The lowest BCUT2D eigenvalue weighted by Crippen LogP contribution is -2.42. The number of ether oxygens (including phenoxy) is 1. The highest BCUT2D eigenvalue weighted by atomic mass is 35.5. The maximum atomic E-state index is 13.4. The number of hydrogen-bond donors (Lipinski definition) is 1. The minimum Gasteiger partial charge on any atom is -0.385 e. The normalized spacial score (nSPS) is 12.0. The fraction of sp³-hybridized carbons (Fsp3) is 0.227. The third-order valence-electron chi connectivity index (χ3n) is 5.28. The van der Waals surface area contributed by atoms with Crippen molar-refractivity contribution in [2.45, 2.75) is 29.7 Å². The number of pyridine rings is 2. The summed E-state index contributed by atoms with van der Waals surface area (Å²) >= 11 is 5.91. The second-order valence-electron chi connectivity index (χ2n) is 7.39. The van der Waals surface area contributed by atoms with E-state index in [1.54, 1.807) is 23.9 Å². The molecule has 0 bridgehead atoms. The molecule has 0 aliphatic carbocycles. The summed E-state index contributed by atoms with van der Waals surface area (Å²) in [7, 11) is -2.44. The van der Waals surface area contributed by atoms with Crippen molar-refractivity contribution < 1.29 is 17.7 Å². The fourth-order valence-corrected chi connectivity index (χ4v) is 5.17. The summed E-state index contributed by atoms with van der Waals surface area (Å²) in [4.78, 5) is 17.9. The van der Waals surface area contributed by atoms with Gasteiger partial charge in [0.1, 0.15) is 10.3 Å².